The van der Waals surface area contributed by atoms with E-state index in [0.717, 1.165) is 41.7 Å². The Labute approximate surface area is 144 Å². The summed E-state index contributed by atoms with van der Waals surface area (Å²) in [6.45, 7) is 2.43. The number of nitro groups is 1. The molecule has 7 heteroatoms. The second kappa shape index (κ2) is 6.52. The van der Waals surface area contributed by atoms with Gasteiger partial charge in [-0.15, -0.1) is 0 Å². The molecule has 25 heavy (non-hydrogen) atoms. The van der Waals surface area contributed by atoms with Crippen LogP contribution in [0.15, 0.2) is 48.7 Å². The van der Waals surface area contributed by atoms with Crippen LogP contribution in [0.4, 0.5) is 5.69 Å². The van der Waals surface area contributed by atoms with Crippen LogP contribution in [0.25, 0.3) is 10.9 Å². The number of rotatable bonds is 5. The number of aromatic amines is 1. The number of nitrogens with zero attached hydrogens (tertiary/aromatic N) is 3. The standard InChI is InChI=1S/C18H18N4O3/c23-22(24)15-3-1-2-13(8-15)11-21-7-6-17(12-21)25-16-4-5-18-14(9-16)10-19-20-18/h1-5,8-10,17H,6-7,11-12H2,(H,19,20)/t17-/m0/s1. The lowest BCUT2D eigenvalue weighted by atomic mass is 10.2. The molecule has 0 unspecified atom stereocenters. The van der Waals surface area contributed by atoms with Crippen LogP contribution in [-0.2, 0) is 6.54 Å². The number of nitro benzene ring substituents is 1. The minimum atomic E-state index is -0.356. The normalized spacial score (nSPS) is 17.8. The maximum atomic E-state index is 10.9. The van der Waals surface area contributed by atoms with Gasteiger partial charge < -0.3 is 4.74 Å². The van der Waals surface area contributed by atoms with Crippen molar-refractivity contribution in [2.45, 2.75) is 19.1 Å². The van der Waals surface area contributed by atoms with E-state index in [9.17, 15) is 10.1 Å². The van der Waals surface area contributed by atoms with Gasteiger partial charge >= 0.3 is 0 Å². The summed E-state index contributed by atoms with van der Waals surface area (Å²) >= 11 is 0. The fourth-order valence-corrected chi connectivity index (χ4v) is 3.25. The highest BCUT2D eigenvalue weighted by Gasteiger charge is 2.24. The van der Waals surface area contributed by atoms with Gasteiger partial charge in [0.25, 0.3) is 5.69 Å². The number of ether oxygens (including phenoxy) is 1. The molecule has 1 aromatic heterocycles. The maximum absolute atomic E-state index is 10.9. The van der Waals surface area contributed by atoms with Crippen molar-refractivity contribution in [3.8, 4) is 5.75 Å². The molecule has 0 saturated carbocycles. The van der Waals surface area contributed by atoms with Crippen LogP contribution in [0.2, 0.25) is 0 Å². The van der Waals surface area contributed by atoms with Crippen molar-refractivity contribution in [1.29, 1.82) is 0 Å². The Morgan fingerprint density at radius 2 is 2.24 bits per heavy atom. The molecule has 1 fully saturated rings. The summed E-state index contributed by atoms with van der Waals surface area (Å²) < 4.78 is 6.09. The molecular formula is C18H18N4O3. The molecule has 1 atom stereocenters. The van der Waals surface area contributed by atoms with Gasteiger partial charge in [-0.1, -0.05) is 12.1 Å². The van der Waals surface area contributed by atoms with E-state index in [0.29, 0.717) is 6.54 Å². The van der Waals surface area contributed by atoms with Gasteiger partial charge in [-0.2, -0.15) is 5.10 Å². The molecule has 0 bridgehead atoms. The lowest BCUT2D eigenvalue weighted by Gasteiger charge is -2.17. The topological polar surface area (TPSA) is 84.3 Å². The Hall–Kier alpha value is -2.93. The van der Waals surface area contributed by atoms with E-state index in [1.807, 2.05) is 24.3 Å². The summed E-state index contributed by atoms with van der Waals surface area (Å²) in [5.41, 5.74) is 2.08. The van der Waals surface area contributed by atoms with Crippen LogP contribution < -0.4 is 4.74 Å². The summed E-state index contributed by atoms with van der Waals surface area (Å²) in [4.78, 5) is 12.8. The molecule has 2 aromatic carbocycles. The van der Waals surface area contributed by atoms with E-state index in [1.165, 1.54) is 6.07 Å². The van der Waals surface area contributed by atoms with E-state index >= 15 is 0 Å². The van der Waals surface area contributed by atoms with Gasteiger partial charge in [0.15, 0.2) is 0 Å². The Bertz CT molecular complexity index is 908. The van der Waals surface area contributed by atoms with Crippen molar-refractivity contribution >= 4 is 16.6 Å². The molecule has 0 amide bonds. The van der Waals surface area contributed by atoms with Gasteiger partial charge in [0.2, 0.25) is 0 Å². The molecule has 0 radical (unpaired) electrons. The van der Waals surface area contributed by atoms with E-state index in [2.05, 4.69) is 15.1 Å². The second-order valence-corrected chi connectivity index (χ2v) is 6.31. The van der Waals surface area contributed by atoms with Crippen LogP contribution in [0.5, 0.6) is 5.75 Å². The molecule has 128 valence electrons. The fourth-order valence-electron chi connectivity index (χ4n) is 3.25. The minimum Gasteiger partial charge on any atom is -0.489 e. The Kier molecular flexibility index (Phi) is 4.07. The van der Waals surface area contributed by atoms with Crippen molar-refractivity contribution in [3.63, 3.8) is 0 Å². The predicted molar refractivity (Wildman–Crippen MR) is 93.5 cm³/mol. The van der Waals surface area contributed by atoms with E-state index in [1.54, 1.807) is 18.3 Å². The largest absolute Gasteiger partial charge is 0.489 e. The van der Waals surface area contributed by atoms with E-state index < -0.39 is 0 Å². The van der Waals surface area contributed by atoms with Crippen LogP contribution in [-0.4, -0.2) is 39.2 Å². The van der Waals surface area contributed by atoms with Crippen molar-refractivity contribution in [2.24, 2.45) is 0 Å². The molecule has 2 heterocycles. The number of fused-ring (bicyclic) bond motifs is 1. The van der Waals surface area contributed by atoms with Gasteiger partial charge in [-0.05, 0) is 30.2 Å². The van der Waals surface area contributed by atoms with Crippen molar-refractivity contribution < 1.29 is 9.66 Å². The summed E-state index contributed by atoms with van der Waals surface area (Å²) in [7, 11) is 0. The van der Waals surface area contributed by atoms with Gasteiger partial charge in [-0.3, -0.25) is 20.1 Å². The van der Waals surface area contributed by atoms with Gasteiger partial charge in [0, 0.05) is 37.2 Å². The predicted octanol–water partition coefficient (Wildman–Crippen LogP) is 3.12. The molecule has 7 nitrogen and oxygen atoms in total. The number of likely N-dealkylation sites (tertiary alicyclic amines) is 1. The van der Waals surface area contributed by atoms with E-state index in [-0.39, 0.29) is 16.7 Å². The van der Waals surface area contributed by atoms with Crippen LogP contribution >= 0.6 is 0 Å². The lowest BCUT2D eigenvalue weighted by molar-refractivity contribution is -0.384. The Balaban J connectivity index is 1.38. The maximum Gasteiger partial charge on any atom is 0.269 e. The molecule has 0 aliphatic carbocycles. The van der Waals surface area contributed by atoms with Crippen LogP contribution in [0, 0.1) is 10.1 Å². The summed E-state index contributed by atoms with van der Waals surface area (Å²) in [5, 5.41) is 18.9. The van der Waals surface area contributed by atoms with Crippen LogP contribution in [0.3, 0.4) is 0 Å². The second-order valence-electron chi connectivity index (χ2n) is 6.31. The fraction of sp³-hybridized carbons (Fsp3) is 0.278. The number of hydrogen-bond donors (Lipinski definition) is 1. The number of hydrogen-bond acceptors (Lipinski definition) is 5. The number of nitrogens with one attached hydrogen (secondary N) is 1. The Morgan fingerprint density at radius 1 is 1.32 bits per heavy atom. The van der Waals surface area contributed by atoms with Gasteiger partial charge in [-0.25, -0.2) is 0 Å². The van der Waals surface area contributed by atoms with E-state index in [4.69, 9.17) is 4.74 Å². The molecule has 1 N–H and O–H groups in total. The third-order valence-corrected chi connectivity index (χ3v) is 4.47. The lowest BCUT2D eigenvalue weighted by Crippen LogP contribution is -2.24. The molecule has 1 aliphatic rings. The van der Waals surface area contributed by atoms with Crippen LogP contribution in [0.1, 0.15) is 12.0 Å². The number of H-pyrrole nitrogens is 1. The third kappa shape index (κ3) is 3.46. The van der Waals surface area contributed by atoms with Gasteiger partial charge in [0.05, 0.1) is 16.6 Å². The summed E-state index contributed by atoms with van der Waals surface area (Å²) in [5.74, 6) is 0.844. The molecule has 0 spiro atoms. The summed E-state index contributed by atoms with van der Waals surface area (Å²) in [6.07, 6.45) is 2.85. The molecule has 1 saturated heterocycles. The molecular weight excluding hydrogens is 320 g/mol. The zero-order valence-electron chi connectivity index (χ0n) is 13.6. The third-order valence-electron chi connectivity index (χ3n) is 4.47. The first-order chi connectivity index (χ1) is 12.2. The first kappa shape index (κ1) is 15.6. The first-order valence-corrected chi connectivity index (χ1v) is 8.23. The number of aromatic nitrogens is 2. The zero-order valence-corrected chi connectivity index (χ0v) is 13.6. The number of benzene rings is 2. The monoisotopic (exact) mass is 338 g/mol. The van der Waals surface area contributed by atoms with Crippen molar-refractivity contribution in [2.75, 3.05) is 13.1 Å². The average Bonchev–Trinajstić information content (AvgIpc) is 3.24. The quantitative estimate of drug-likeness (QED) is 0.571. The van der Waals surface area contributed by atoms with Gasteiger partial charge in [0.1, 0.15) is 11.9 Å². The highest BCUT2D eigenvalue weighted by molar-refractivity contribution is 5.79. The zero-order chi connectivity index (χ0) is 17.2. The SMILES string of the molecule is O=[N+]([O-])c1cccc(CN2CC[C@H](Oc3ccc4[nH]ncc4c3)C2)c1. The highest BCUT2D eigenvalue weighted by Crippen LogP contribution is 2.24. The van der Waals surface area contributed by atoms with Crippen molar-refractivity contribution in [1.82, 2.24) is 15.1 Å². The molecule has 1 aliphatic heterocycles. The van der Waals surface area contributed by atoms with Crippen molar-refractivity contribution in [3.05, 3.63) is 64.3 Å². The number of non-ortho nitro benzene ring substituents is 1. The summed E-state index contributed by atoms with van der Waals surface area (Å²) in [6, 6.07) is 12.7. The smallest absolute Gasteiger partial charge is 0.269 e. The Morgan fingerprint density at radius 3 is 3.12 bits per heavy atom. The minimum absolute atomic E-state index is 0.128. The average molecular weight is 338 g/mol. The first-order valence-electron chi connectivity index (χ1n) is 8.23. The highest BCUT2D eigenvalue weighted by atomic mass is 16.6. The molecule has 3 aromatic rings. The molecule has 4 rings (SSSR count).